The fraction of sp³-hybridized carbons (Fsp3) is 0.571. The van der Waals surface area contributed by atoms with Gasteiger partial charge in [-0.05, 0) is 6.92 Å². The van der Waals surface area contributed by atoms with Crippen LogP contribution in [0.5, 0.6) is 6.01 Å². The van der Waals surface area contributed by atoms with Gasteiger partial charge in [-0.1, -0.05) is 11.8 Å². The standard InChI is InChI=1S/C7H13N5O2S/c1-2-14-6-9-5(12-8)10-7(11-6)15-4-3-13/h13H,2-4,8H2,1H3,(H,9,10,11,12). The quantitative estimate of drug-likeness (QED) is 0.346. The van der Waals surface area contributed by atoms with E-state index in [0.717, 1.165) is 0 Å². The largest absolute Gasteiger partial charge is 0.464 e. The van der Waals surface area contributed by atoms with E-state index in [2.05, 4.69) is 20.4 Å². The van der Waals surface area contributed by atoms with Crippen molar-refractivity contribution in [1.82, 2.24) is 15.0 Å². The summed E-state index contributed by atoms with van der Waals surface area (Å²) in [4.78, 5) is 11.9. The molecule has 7 nitrogen and oxygen atoms in total. The highest BCUT2D eigenvalue weighted by Crippen LogP contribution is 2.16. The number of aliphatic hydroxyl groups excluding tert-OH is 1. The van der Waals surface area contributed by atoms with Crippen LogP contribution in [0, 0.1) is 0 Å². The molecule has 0 radical (unpaired) electrons. The zero-order valence-corrected chi connectivity index (χ0v) is 9.12. The van der Waals surface area contributed by atoms with Gasteiger partial charge in [0, 0.05) is 5.75 Å². The number of thioether (sulfide) groups is 1. The second-order valence-corrected chi connectivity index (χ2v) is 3.44. The van der Waals surface area contributed by atoms with E-state index in [0.29, 0.717) is 17.5 Å². The maximum Gasteiger partial charge on any atom is 0.322 e. The van der Waals surface area contributed by atoms with Gasteiger partial charge in [-0.25, -0.2) is 5.84 Å². The second kappa shape index (κ2) is 6.38. The fourth-order valence-corrected chi connectivity index (χ4v) is 1.37. The average molecular weight is 231 g/mol. The molecule has 0 aliphatic rings. The van der Waals surface area contributed by atoms with Crippen LogP contribution in [-0.2, 0) is 0 Å². The Morgan fingerprint density at radius 3 is 2.87 bits per heavy atom. The first-order valence-corrected chi connectivity index (χ1v) is 5.37. The lowest BCUT2D eigenvalue weighted by Gasteiger charge is -2.05. The summed E-state index contributed by atoms with van der Waals surface area (Å²) in [6.07, 6.45) is 0. The van der Waals surface area contributed by atoms with E-state index < -0.39 is 0 Å². The summed E-state index contributed by atoms with van der Waals surface area (Å²) < 4.78 is 5.14. The molecule has 1 heterocycles. The molecular weight excluding hydrogens is 218 g/mol. The van der Waals surface area contributed by atoms with Gasteiger partial charge in [0.15, 0.2) is 5.16 Å². The lowest BCUT2D eigenvalue weighted by molar-refractivity contribution is 0.308. The fourth-order valence-electron chi connectivity index (χ4n) is 0.798. The lowest BCUT2D eigenvalue weighted by Crippen LogP contribution is -2.13. The predicted molar refractivity (Wildman–Crippen MR) is 56.6 cm³/mol. The minimum Gasteiger partial charge on any atom is -0.464 e. The number of nitrogens with one attached hydrogen (secondary N) is 1. The Morgan fingerprint density at radius 2 is 2.27 bits per heavy atom. The molecule has 0 aliphatic carbocycles. The van der Waals surface area contributed by atoms with Crippen LogP contribution in [0.15, 0.2) is 5.16 Å². The first-order chi connectivity index (χ1) is 7.30. The Kier molecular flexibility index (Phi) is 5.08. The summed E-state index contributed by atoms with van der Waals surface area (Å²) in [5, 5.41) is 9.13. The molecule has 0 bridgehead atoms. The summed E-state index contributed by atoms with van der Waals surface area (Å²) in [5.41, 5.74) is 2.32. The molecule has 1 aromatic heterocycles. The molecule has 0 saturated heterocycles. The van der Waals surface area contributed by atoms with Crippen molar-refractivity contribution in [3.63, 3.8) is 0 Å². The molecule has 0 spiro atoms. The number of aromatic nitrogens is 3. The topological polar surface area (TPSA) is 106 Å². The van der Waals surface area contributed by atoms with E-state index in [-0.39, 0.29) is 18.6 Å². The van der Waals surface area contributed by atoms with E-state index in [1.807, 2.05) is 6.92 Å². The third-order valence-corrected chi connectivity index (χ3v) is 2.15. The summed E-state index contributed by atoms with van der Waals surface area (Å²) in [6.45, 7) is 2.36. The van der Waals surface area contributed by atoms with Crippen LogP contribution in [0.1, 0.15) is 6.92 Å². The van der Waals surface area contributed by atoms with Crippen LogP contribution in [0.25, 0.3) is 0 Å². The van der Waals surface area contributed by atoms with Crippen molar-refractivity contribution < 1.29 is 9.84 Å². The number of nitrogens with two attached hydrogens (primary N) is 1. The first-order valence-electron chi connectivity index (χ1n) is 4.39. The molecule has 15 heavy (non-hydrogen) atoms. The molecule has 1 rings (SSSR count). The number of hydrazine groups is 1. The van der Waals surface area contributed by atoms with E-state index in [1.165, 1.54) is 11.8 Å². The molecule has 1 aromatic rings. The number of aliphatic hydroxyl groups is 1. The number of hydrogen-bond donors (Lipinski definition) is 3. The van der Waals surface area contributed by atoms with Crippen molar-refractivity contribution in [3.05, 3.63) is 0 Å². The Bertz CT molecular complexity index is 311. The number of rotatable bonds is 6. The van der Waals surface area contributed by atoms with Gasteiger partial charge in [0.1, 0.15) is 0 Å². The molecule has 0 amide bonds. The maximum atomic E-state index is 8.66. The highest BCUT2D eigenvalue weighted by atomic mass is 32.2. The van der Waals surface area contributed by atoms with E-state index in [4.69, 9.17) is 15.7 Å². The van der Waals surface area contributed by atoms with E-state index >= 15 is 0 Å². The minimum atomic E-state index is 0.0612. The van der Waals surface area contributed by atoms with Crippen LogP contribution in [0.4, 0.5) is 5.95 Å². The van der Waals surface area contributed by atoms with Crippen molar-refractivity contribution in [2.45, 2.75) is 12.1 Å². The molecule has 4 N–H and O–H groups in total. The van der Waals surface area contributed by atoms with Crippen LogP contribution < -0.4 is 16.0 Å². The van der Waals surface area contributed by atoms with Gasteiger partial charge >= 0.3 is 6.01 Å². The number of nitrogen functional groups attached to an aromatic ring is 1. The molecule has 8 heteroatoms. The monoisotopic (exact) mass is 231 g/mol. The smallest absolute Gasteiger partial charge is 0.322 e. The van der Waals surface area contributed by atoms with Crippen molar-refractivity contribution in [2.24, 2.45) is 5.84 Å². The molecule has 0 aromatic carbocycles. The average Bonchev–Trinajstić information content (AvgIpc) is 2.26. The number of hydrogen-bond acceptors (Lipinski definition) is 8. The number of anilines is 1. The molecular formula is C7H13N5O2S. The van der Waals surface area contributed by atoms with Gasteiger partial charge in [-0.15, -0.1) is 0 Å². The van der Waals surface area contributed by atoms with Gasteiger partial charge in [0.05, 0.1) is 13.2 Å². The molecule has 0 unspecified atom stereocenters. The third kappa shape index (κ3) is 3.86. The van der Waals surface area contributed by atoms with E-state index in [1.54, 1.807) is 0 Å². The first kappa shape index (κ1) is 12.0. The maximum absolute atomic E-state index is 8.66. The van der Waals surface area contributed by atoms with Gasteiger partial charge < -0.3 is 9.84 Å². The van der Waals surface area contributed by atoms with Gasteiger partial charge in [-0.2, -0.15) is 15.0 Å². The molecule has 0 atom stereocenters. The molecule has 0 saturated carbocycles. The molecule has 84 valence electrons. The molecule has 0 aliphatic heterocycles. The lowest BCUT2D eigenvalue weighted by atomic mass is 10.8. The summed E-state index contributed by atoms with van der Waals surface area (Å²) in [7, 11) is 0. The molecule has 0 fully saturated rings. The third-order valence-electron chi connectivity index (χ3n) is 1.32. The zero-order chi connectivity index (χ0) is 11.1. The second-order valence-electron chi connectivity index (χ2n) is 2.37. The highest BCUT2D eigenvalue weighted by Gasteiger charge is 2.06. The Morgan fingerprint density at radius 1 is 1.47 bits per heavy atom. The van der Waals surface area contributed by atoms with Crippen LogP contribution >= 0.6 is 11.8 Å². The van der Waals surface area contributed by atoms with Crippen molar-refractivity contribution in [1.29, 1.82) is 0 Å². The van der Waals surface area contributed by atoms with Crippen LogP contribution in [0.3, 0.4) is 0 Å². The van der Waals surface area contributed by atoms with Gasteiger partial charge in [0.25, 0.3) is 0 Å². The summed E-state index contributed by atoms with van der Waals surface area (Å²) >= 11 is 1.30. The van der Waals surface area contributed by atoms with Crippen molar-refractivity contribution in [2.75, 3.05) is 24.4 Å². The SMILES string of the molecule is CCOc1nc(NN)nc(SCCO)n1. The van der Waals surface area contributed by atoms with Crippen LogP contribution in [-0.4, -0.2) is 39.0 Å². The number of nitrogens with zero attached hydrogens (tertiary/aromatic N) is 3. The Hall–Kier alpha value is -1.12. The zero-order valence-electron chi connectivity index (χ0n) is 8.30. The summed E-state index contributed by atoms with van der Waals surface area (Å²) in [6, 6.07) is 0.223. The Labute approximate surface area is 91.4 Å². The Balaban J connectivity index is 2.79. The van der Waals surface area contributed by atoms with Crippen molar-refractivity contribution >= 4 is 17.7 Å². The normalized spacial score (nSPS) is 10.1. The van der Waals surface area contributed by atoms with Gasteiger partial charge in [0.2, 0.25) is 5.95 Å². The highest BCUT2D eigenvalue weighted by molar-refractivity contribution is 7.99. The van der Waals surface area contributed by atoms with Crippen molar-refractivity contribution in [3.8, 4) is 6.01 Å². The number of ether oxygens (including phenoxy) is 1. The van der Waals surface area contributed by atoms with Crippen LogP contribution in [0.2, 0.25) is 0 Å². The van der Waals surface area contributed by atoms with E-state index in [9.17, 15) is 0 Å². The summed E-state index contributed by atoms with van der Waals surface area (Å²) in [5.74, 6) is 5.95. The minimum absolute atomic E-state index is 0.0612. The van der Waals surface area contributed by atoms with Gasteiger partial charge in [-0.3, -0.25) is 5.43 Å². The predicted octanol–water partition coefficient (Wildman–Crippen LogP) is -0.360.